The van der Waals surface area contributed by atoms with Gasteiger partial charge in [0.05, 0.1) is 6.33 Å². The molecule has 0 radical (unpaired) electrons. The standard InChI is InChI=1S/C11H19N3O2/c1-11(12-2,10(15)16)5-3-4-7-14-8-6-13-9-14/h6,8-9,12H,3-5,7H2,1-2H3,(H,15,16). The molecular weight excluding hydrogens is 206 g/mol. The lowest BCUT2D eigenvalue weighted by Crippen LogP contribution is -2.47. The molecular formula is C11H19N3O2. The molecule has 0 bridgehead atoms. The van der Waals surface area contributed by atoms with Crippen molar-refractivity contribution in [2.75, 3.05) is 7.05 Å². The minimum Gasteiger partial charge on any atom is -0.480 e. The molecule has 5 nitrogen and oxygen atoms in total. The second-order valence-electron chi connectivity index (χ2n) is 4.14. The van der Waals surface area contributed by atoms with Crippen molar-refractivity contribution in [3.63, 3.8) is 0 Å². The van der Waals surface area contributed by atoms with E-state index < -0.39 is 11.5 Å². The number of aryl methyl sites for hydroxylation is 1. The van der Waals surface area contributed by atoms with Crippen LogP contribution in [-0.4, -0.2) is 33.2 Å². The van der Waals surface area contributed by atoms with Crippen molar-refractivity contribution in [2.45, 2.75) is 38.3 Å². The van der Waals surface area contributed by atoms with E-state index in [2.05, 4.69) is 10.3 Å². The quantitative estimate of drug-likeness (QED) is 0.682. The third kappa shape index (κ3) is 3.34. The van der Waals surface area contributed by atoms with E-state index in [9.17, 15) is 4.79 Å². The number of likely N-dealkylation sites (N-methyl/N-ethyl adjacent to an activating group) is 1. The summed E-state index contributed by atoms with van der Waals surface area (Å²) in [6, 6.07) is 0. The molecule has 1 heterocycles. The Balaban J connectivity index is 2.26. The third-order valence-corrected chi connectivity index (χ3v) is 2.93. The fraction of sp³-hybridized carbons (Fsp3) is 0.636. The van der Waals surface area contributed by atoms with Gasteiger partial charge in [-0.3, -0.25) is 4.79 Å². The third-order valence-electron chi connectivity index (χ3n) is 2.93. The van der Waals surface area contributed by atoms with Gasteiger partial charge in [-0.05, 0) is 33.2 Å². The first-order chi connectivity index (χ1) is 7.58. The SMILES string of the molecule is CNC(C)(CCCCn1ccnc1)C(=O)O. The summed E-state index contributed by atoms with van der Waals surface area (Å²) < 4.78 is 2.00. The summed E-state index contributed by atoms with van der Waals surface area (Å²) in [4.78, 5) is 14.9. The maximum atomic E-state index is 11.0. The Kier molecular flexibility index (Phi) is 4.49. The highest BCUT2D eigenvalue weighted by Gasteiger charge is 2.29. The zero-order chi connectivity index (χ0) is 12.0. The Morgan fingerprint density at radius 3 is 2.81 bits per heavy atom. The lowest BCUT2D eigenvalue weighted by atomic mass is 9.95. The van der Waals surface area contributed by atoms with Gasteiger partial charge in [0.25, 0.3) is 0 Å². The molecule has 0 aliphatic carbocycles. The zero-order valence-corrected chi connectivity index (χ0v) is 9.81. The van der Waals surface area contributed by atoms with Crippen LogP contribution < -0.4 is 5.32 Å². The van der Waals surface area contributed by atoms with Crippen molar-refractivity contribution < 1.29 is 9.90 Å². The van der Waals surface area contributed by atoms with Gasteiger partial charge in [0.1, 0.15) is 5.54 Å². The molecule has 2 N–H and O–H groups in total. The van der Waals surface area contributed by atoms with Gasteiger partial charge in [0.2, 0.25) is 0 Å². The fourth-order valence-corrected chi connectivity index (χ4v) is 1.53. The topological polar surface area (TPSA) is 67.2 Å². The molecule has 1 aromatic heterocycles. The Hall–Kier alpha value is -1.36. The molecule has 0 amide bonds. The van der Waals surface area contributed by atoms with Crippen molar-refractivity contribution >= 4 is 5.97 Å². The molecule has 0 aromatic carbocycles. The summed E-state index contributed by atoms with van der Waals surface area (Å²) in [6.07, 6.45) is 7.90. The van der Waals surface area contributed by atoms with Gasteiger partial charge in [-0.25, -0.2) is 4.98 Å². The maximum absolute atomic E-state index is 11.0. The molecule has 16 heavy (non-hydrogen) atoms. The molecule has 90 valence electrons. The van der Waals surface area contributed by atoms with Crippen molar-refractivity contribution in [2.24, 2.45) is 0 Å². The number of nitrogens with one attached hydrogen (secondary N) is 1. The van der Waals surface area contributed by atoms with Gasteiger partial charge >= 0.3 is 5.97 Å². The number of hydrogen-bond donors (Lipinski definition) is 2. The van der Waals surface area contributed by atoms with Crippen molar-refractivity contribution in [3.05, 3.63) is 18.7 Å². The predicted octanol–water partition coefficient (Wildman–Crippen LogP) is 1.12. The van der Waals surface area contributed by atoms with Crippen LogP contribution in [0.5, 0.6) is 0 Å². The number of rotatable bonds is 7. The minimum absolute atomic E-state index is 0.632. The smallest absolute Gasteiger partial charge is 0.323 e. The second kappa shape index (κ2) is 5.65. The van der Waals surface area contributed by atoms with E-state index in [1.807, 2.05) is 10.8 Å². The first-order valence-corrected chi connectivity index (χ1v) is 5.46. The van der Waals surface area contributed by atoms with Gasteiger partial charge in [0, 0.05) is 18.9 Å². The van der Waals surface area contributed by atoms with Crippen LogP contribution in [0.2, 0.25) is 0 Å². The van der Waals surface area contributed by atoms with Gasteiger partial charge in [-0.15, -0.1) is 0 Å². The number of imidazole rings is 1. The first kappa shape index (κ1) is 12.7. The molecule has 0 spiro atoms. The largest absolute Gasteiger partial charge is 0.480 e. The van der Waals surface area contributed by atoms with E-state index in [0.717, 1.165) is 19.4 Å². The predicted molar refractivity (Wildman–Crippen MR) is 61.2 cm³/mol. The highest BCUT2D eigenvalue weighted by atomic mass is 16.4. The van der Waals surface area contributed by atoms with Crippen LogP contribution in [0.1, 0.15) is 26.2 Å². The van der Waals surface area contributed by atoms with Crippen LogP contribution in [0.4, 0.5) is 0 Å². The highest BCUT2D eigenvalue weighted by Crippen LogP contribution is 2.14. The van der Waals surface area contributed by atoms with Crippen LogP contribution in [-0.2, 0) is 11.3 Å². The fourth-order valence-electron chi connectivity index (χ4n) is 1.53. The summed E-state index contributed by atoms with van der Waals surface area (Å²) >= 11 is 0. The lowest BCUT2D eigenvalue weighted by Gasteiger charge is -2.23. The molecule has 0 aliphatic heterocycles. The Morgan fingerprint density at radius 2 is 2.31 bits per heavy atom. The maximum Gasteiger partial charge on any atom is 0.323 e. The van der Waals surface area contributed by atoms with Gasteiger partial charge in [0.15, 0.2) is 0 Å². The van der Waals surface area contributed by atoms with E-state index in [0.29, 0.717) is 6.42 Å². The molecule has 0 fully saturated rings. The van der Waals surface area contributed by atoms with Crippen molar-refractivity contribution in [3.8, 4) is 0 Å². The minimum atomic E-state index is -0.811. The number of nitrogens with zero attached hydrogens (tertiary/aromatic N) is 2. The van der Waals surface area contributed by atoms with E-state index in [-0.39, 0.29) is 0 Å². The second-order valence-corrected chi connectivity index (χ2v) is 4.14. The number of hydrogen-bond acceptors (Lipinski definition) is 3. The molecule has 1 rings (SSSR count). The zero-order valence-electron chi connectivity index (χ0n) is 9.81. The number of unbranched alkanes of at least 4 members (excludes halogenated alkanes) is 1. The average Bonchev–Trinajstić information content (AvgIpc) is 2.76. The number of aliphatic carboxylic acids is 1. The number of carboxylic acids is 1. The van der Waals surface area contributed by atoms with E-state index >= 15 is 0 Å². The highest BCUT2D eigenvalue weighted by molar-refractivity contribution is 5.78. The Bertz CT molecular complexity index is 324. The molecule has 0 saturated carbocycles. The van der Waals surface area contributed by atoms with Crippen LogP contribution in [0.15, 0.2) is 18.7 Å². The molecule has 1 unspecified atom stereocenters. The number of carboxylic acid groups (broad SMARTS) is 1. The molecule has 1 aromatic rings. The summed E-state index contributed by atoms with van der Waals surface area (Å²) in [5.41, 5.74) is -0.811. The van der Waals surface area contributed by atoms with Crippen molar-refractivity contribution in [1.82, 2.24) is 14.9 Å². The van der Waals surface area contributed by atoms with Crippen LogP contribution in [0.25, 0.3) is 0 Å². The molecule has 0 saturated heterocycles. The molecule has 5 heteroatoms. The summed E-state index contributed by atoms with van der Waals surface area (Å²) in [6.45, 7) is 2.60. The van der Waals surface area contributed by atoms with E-state index in [4.69, 9.17) is 5.11 Å². The van der Waals surface area contributed by atoms with Crippen LogP contribution >= 0.6 is 0 Å². The summed E-state index contributed by atoms with van der Waals surface area (Å²) in [5, 5.41) is 11.9. The van der Waals surface area contributed by atoms with Crippen molar-refractivity contribution in [1.29, 1.82) is 0 Å². The van der Waals surface area contributed by atoms with E-state index in [1.165, 1.54) is 0 Å². The Morgan fingerprint density at radius 1 is 1.56 bits per heavy atom. The first-order valence-electron chi connectivity index (χ1n) is 5.46. The molecule has 0 aliphatic rings. The monoisotopic (exact) mass is 225 g/mol. The van der Waals surface area contributed by atoms with Gasteiger partial charge < -0.3 is 15.0 Å². The normalized spacial score (nSPS) is 14.6. The number of aromatic nitrogens is 2. The summed E-state index contributed by atoms with van der Waals surface area (Å²) in [7, 11) is 1.68. The van der Waals surface area contributed by atoms with Gasteiger partial charge in [-0.2, -0.15) is 0 Å². The number of carbonyl (C=O) groups is 1. The molecule has 1 atom stereocenters. The summed E-state index contributed by atoms with van der Waals surface area (Å²) in [5.74, 6) is -0.794. The van der Waals surface area contributed by atoms with E-state index in [1.54, 1.807) is 26.5 Å². The lowest BCUT2D eigenvalue weighted by molar-refractivity contribution is -0.144. The van der Waals surface area contributed by atoms with Crippen LogP contribution in [0, 0.1) is 0 Å². The average molecular weight is 225 g/mol. The van der Waals surface area contributed by atoms with Crippen LogP contribution in [0.3, 0.4) is 0 Å². The van der Waals surface area contributed by atoms with Gasteiger partial charge in [-0.1, -0.05) is 0 Å². The Labute approximate surface area is 95.5 Å².